The summed E-state index contributed by atoms with van der Waals surface area (Å²) >= 11 is 0. The van der Waals surface area contributed by atoms with Crippen molar-refractivity contribution >= 4 is 9.24 Å². The molecular formula is C8H15O3P. The Morgan fingerprint density at radius 1 is 1.42 bits per heavy atom. The molecule has 1 saturated heterocycles. The van der Waals surface area contributed by atoms with E-state index in [9.17, 15) is 10.2 Å². The summed E-state index contributed by atoms with van der Waals surface area (Å²) in [6.07, 6.45) is -0.477. The number of fused-ring (bicyclic) bond motifs is 1. The number of aliphatic hydroxyl groups is 2. The number of aliphatic hydroxyl groups excluding tert-OH is 1. The van der Waals surface area contributed by atoms with Crippen molar-refractivity contribution in [3.05, 3.63) is 0 Å². The van der Waals surface area contributed by atoms with Crippen molar-refractivity contribution in [2.75, 3.05) is 0 Å². The van der Waals surface area contributed by atoms with E-state index < -0.39 is 11.7 Å². The lowest BCUT2D eigenvalue weighted by Crippen LogP contribution is -2.41. The standard InChI is InChI=1S/C8H15O3P/c1-3-4(2)11-7(12)8(10)5(3)6(8)9/h3-7,9-10H,12H2,1-2H3/t3?,4-,5?,6?,7?,8?/m0/s1. The summed E-state index contributed by atoms with van der Waals surface area (Å²) < 4.78 is 5.48. The fraction of sp³-hybridized carbons (Fsp3) is 1.00. The Kier molecular flexibility index (Phi) is 1.79. The van der Waals surface area contributed by atoms with Crippen LogP contribution in [0, 0.1) is 11.8 Å². The van der Waals surface area contributed by atoms with Crippen molar-refractivity contribution in [1.82, 2.24) is 0 Å². The van der Waals surface area contributed by atoms with Crippen molar-refractivity contribution in [1.29, 1.82) is 0 Å². The van der Waals surface area contributed by atoms with Crippen LogP contribution in [0.5, 0.6) is 0 Å². The maximum Gasteiger partial charge on any atom is 0.126 e. The van der Waals surface area contributed by atoms with Crippen LogP contribution < -0.4 is 0 Å². The van der Waals surface area contributed by atoms with Gasteiger partial charge in [-0.25, -0.2) is 0 Å². The quantitative estimate of drug-likeness (QED) is 0.527. The summed E-state index contributed by atoms with van der Waals surface area (Å²) in [5.74, 6) is -0.0748. The number of rotatable bonds is 0. The molecule has 4 heteroatoms. The second kappa shape index (κ2) is 2.42. The SMILES string of the molecule is CC1C2C(O)C2(O)C(P)O[C@H]1C. The highest BCUT2D eigenvalue weighted by Crippen LogP contribution is 2.57. The van der Waals surface area contributed by atoms with E-state index in [1.165, 1.54) is 0 Å². The first kappa shape index (κ1) is 8.89. The predicted molar refractivity (Wildman–Crippen MR) is 47.7 cm³/mol. The van der Waals surface area contributed by atoms with Gasteiger partial charge in [0.05, 0.1) is 12.2 Å². The van der Waals surface area contributed by atoms with E-state index in [4.69, 9.17) is 4.74 Å². The molecule has 2 fully saturated rings. The molecule has 0 aromatic carbocycles. The van der Waals surface area contributed by atoms with Gasteiger partial charge in [0, 0.05) is 5.92 Å². The molecule has 7 atom stereocenters. The molecule has 2 N–H and O–H groups in total. The molecule has 12 heavy (non-hydrogen) atoms. The van der Waals surface area contributed by atoms with Gasteiger partial charge in [-0.05, 0) is 12.8 Å². The summed E-state index contributed by atoms with van der Waals surface area (Å²) in [4.78, 5) is 0. The van der Waals surface area contributed by atoms with Crippen molar-refractivity contribution in [2.24, 2.45) is 11.8 Å². The molecule has 2 aliphatic rings. The fourth-order valence-electron chi connectivity index (χ4n) is 2.22. The molecular weight excluding hydrogens is 175 g/mol. The molecule has 0 aromatic rings. The Balaban J connectivity index is 2.21. The molecule has 3 nitrogen and oxygen atoms in total. The molecule has 0 spiro atoms. The van der Waals surface area contributed by atoms with Gasteiger partial charge in [-0.2, -0.15) is 0 Å². The Morgan fingerprint density at radius 3 is 2.58 bits per heavy atom. The van der Waals surface area contributed by atoms with Gasteiger partial charge in [-0.1, -0.05) is 6.92 Å². The molecule has 70 valence electrons. The Morgan fingerprint density at radius 2 is 2.00 bits per heavy atom. The second-order valence-corrected chi connectivity index (χ2v) is 4.58. The minimum atomic E-state index is -0.989. The molecule has 2 rings (SSSR count). The first-order valence-corrected chi connectivity index (χ1v) is 4.97. The van der Waals surface area contributed by atoms with Gasteiger partial charge in [0.1, 0.15) is 11.4 Å². The molecule has 6 unspecified atom stereocenters. The third-order valence-electron chi connectivity index (χ3n) is 3.36. The van der Waals surface area contributed by atoms with Gasteiger partial charge in [-0.3, -0.25) is 0 Å². The first-order chi connectivity index (χ1) is 5.49. The minimum absolute atomic E-state index is 0.00347. The van der Waals surface area contributed by atoms with Gasteiger partial charge in [-0.15, -0.1) is 9.24 Å². The van der Waals surface area contributed by atoms with Crippen molar-refractivity contribution in [2.45, 2.75) is 37.5 Å². The van der Waals surface area contributed by atoms with Gasteiger partial charge in [0.2, 0.25) is 0 Å². The van der Waals surface area contributed by atoms with Crippen molar-refractivity contribution in [3.63, 3.8) is 0 Å². The normalized spacial score (nSPS) is 64.2. The van der Waals surface area contributed by atoms with Crippen molar-refractivity contribution < 1.29 is 14.9 Å². The number of hydrogen-bond donors (Lipinski definition) is 2. The first-order valence-electron chi connectivity index (χ1n) is 4.31. The molecule has 0 aromatic heterocycles. The zero-order valence-corrected chi connectivity index (χ0v) is 8.42. The molecule has 1 saturated carbocycles. The average Bonchev–Trinajstić information content (AvgIpc) is 2.54. The van der Waals surface area contributed by atoms with E-state index >= 15 is 0 Å². The van der Waals surface area contributed by atoms with E-state index in [2.05, 4.69) is 9.24 Å². The number of hydrogen-bond acceptors (Lipinski definition) is 3. The zero-order chi connectivity index (χ0) is 9.09. The third kappa shape index (κ3) is 0.856. The summed E-state index contributed by atoms with van der Waals surface area (Å²) in [5.41, 5.74) is -0.989. The van der Waals surface area contributed by atoms with E-state index in [1.807, 2.05) is 13.8 Å². The zero-order valence-electron chi connectivity index (χ0n) is 7.27. The van der Waals surface area contributed by atoms with Crippen LogP contribution in [-0.2, 0) is 4.74 Å². The van der Waals surface area contributed by atoms with E-state index in [0.717, 1.165) is 0 Å². The second-order valence-electron chi connectivity index (χ2n) is 3.98. The number of ether oxygens (including phenoxy) is 1. The Labute approximate surface area is 74.3 Å². The maximum absolute atomic E-state index is 9.88. The molecule has 0 bridgehead atoms. The van der Waals surface area contributed by atoms with Crippen molar-refractivity contribution in [3.8, 4) is 0 Å². The average molecular weight is 190 g/mol. The maximum atomic E-state index is 9.88. The predicted octanol–water partition coefficient (Wildman–Crippen LogP) is -0.0358. The Bertz CT molecular complexity index is 210. The smallest absolute Gasteiger partial charge is 0.126 e. The lowest BCUT2D eigenvalue weighted by Gasteiger charge is -2.33. The van der Waals surface area contributed by atoms with Crippen LogP contribution >= 0.6 is 9.24 Å². The summed E-state index contributed by atoms with van der Waals surface area (Å²) in [7, 11) is 2.45. The lowest BCUT2D eigenvalue weighted by molar-refractivity contribution is -0.107. The van der Waals surface area contributed by atoms with E-state index in [-0.39, 0.29) is 23.8 Å². The molecule has 1 heterocycles. The van der Waals surface area contributed by atoms with Crippen LogP contribution in [0.15, 0.2) is 0 Å². The van der Waals surface area contributed by atoms with Gasteiger partial charge < -0.3 is 14.9 Å². The highest BCUT2D eigenvalue weighted by molar-refractivity contribution is 7.17. The molecule has 1 aliphatic carbocycles. The third-order valence-corrected chi connectivity index (χ3v) is 4.05. The van der Waals surface area contributed by atoms with Crippen LogP contribution in [0.3, 0.4) is 0 Å². The van der Waals surface area contributed by atoms with Gasteiger partial charge in [0.15, 0.2) is 0 Å². The van der Waals surface area contributed by atoms with Crippen LogP contribution in [0.1, 0.15) is 13.8 Å². The highest BCUT2D eigenvalue weighted by Gasteiger charge is 2.72. The lowest BCUT2D eigenvalue weighted by atomic mass is 9.95. The topological polar surface area (TPSA) is 49.7 Å². The van der Waals surface area contributed by atoms with Crippen LogP contribution in [0.25, 0.3) is 0 Å². The van der Waals surface area contributed by atoms with E-state index in [1.54, 1.807) is 0 Å². The monoisotopic (exact) mass is 190 g/mol. The van der Waals surface area contributed by atoms with Crippen LogP contribution in [0.2, 0.25) is 0 Å². The van der Waals surface area contributed by atoms with Crippen LogP contribution in [-0.4, -0.2) is 33.9 Å². The molecule has 0 radical (unpaired) electrons. The highest BCUT2D eigenvalue weighted by atomic mass is 31.0. The van der Waals surface area contributed by atoms with E-state index in [0.29, 0.717) is 0 Å². The Hall–Kier alpha value is 0.310. The molecule has 0 amide bonds. The fourth-order valence-corrected chi connectivity index (χ4v) is 2.89. The summed E-state index contributed by atoms with van der Waals surface area (Å²) in [5, 5.41) is 19.4. The van der Waals surface area contributed by atoms with Gasteiger partial charge >= 0.3 is 0 Å². The summed E-state index contributed by atoms with van der Waals surface area (Å²) in [6.45, 7) is 3.99. The largest absolute Gasteiger partial charge is 0.390 e. The van der Waals surface area contributed by atoms with Gasteiger partial charge in [0.25, 0.3) is 0 Å². The summed E-state index contributed by atoms with van der Waals surface area (Å²) in [6, 6.07) is 0. The molecule has 1 aliphatic heterocycles. The van der Waals surface area contributed by atoms with Crippen LogP contribution in [0.4, 0.5) is 0 Å². The minimum Gasteiger partial charge on any atom is -0.390 e.